The largest absolute Gasteiger partial charge is 0.378 e. The maximum absolute atomic E-state index is 15.0. The van der Waals surface area contributed by atoms with Gasteiger partial charge in [-0.05, 0) is 36.8 Å². The number of halogens is 2. The minimum Gasteiger partial charge on any atom is -0.378 e. The molecule has 0 aliphatic carbocycles. The third-order valence-corrected chi connectivity index (χ3v) is 7.70. The van der Waals surface area contributed by atoms with Crippen LogP contribution in [0, 0.1) is 11.6 Å². The van der Waals surface area contributed by atoms with Crippen LogP contribution in [0.4, 0.5) is 14.5 Å². The molecule has 0 saturated carbocycles. The topological polar surface area (TPSA) is 127 Å². The van der Waals surface area contributed by atoms with Crippen LogP contribution in [0.2, 0.25) is 0 Å². The zero-order valence-electron chi connectivity index (χ0n) is 16.4. The van der Waals surface area contributed by atoms with E-state index in [0.29, 0.717) is 0 Å². The van der Waals surface area contributed by atoms with Gasteiger partial charge >= 0.3 is 0 Å². The maximum Gasteiger partial charge on any atom is 0.274 e. The van der Waals surface area contributed by atoms with Gasteiger partial charge in [0.1, 0.15) is 28.1 Å². The first-order valence-corrected chi connectivity index (χ1v) is 10.8. The Labute approximate surface area is 177 Å². The van der Waals surface area contributed by atoms with Gasteiger partial charge in [-0.3, -0.25) is 4.79 Å². The van der Waals surface area contributed by atoms with Crippen LogP contribution in [0.5, 0.6) is 0 Å². The van der Waals surface area contributed by atoms with E-state index >= 15 is 0 Å². The van der Waals surface area contributed by atoms with E-state index in [1.165, 1.54) is 25.2 Å². The fraction of sp³-hybridized carbons (Fsp3) is 0.316. The molecule has 164 valence electrons. The Morgan fingerprint density at radius 2 is 2.10 bits per heavy atom. The molecule has 2 aliphatic heterocycles. The number of carbonyl (C=O) groups is 1. The predicted octanol–water partition coefficient (Wildman–Crippen LogP) is 1.19. The summed E-state index contributed by atoms with van der Waals surface area (Å²) in [6, 6.07) is 6.00. The number of guanidine groups is 1. The number of aromatic nitrogens is 1. The summed E-state index contributed by atoms with van der Waals surface area (Å²) in [6.45, 7) is -0.0253. The van der Waals surface area contributed by atoms with Gasteiger partial charge in [0.15, 0.2) is 0 Å². The molecule has 0 radical (unpaired) electrons. The summed E-state index contributed by atoms with van der Waals surface area (Å²) in [4.78, 5) is 20.5. The van der Waals surface area contributed by atoms with Crippen molar-refractivity contribution in [2.75, 3.05) is 25.6 Å². The molecule has 1 amide bonds. The molecule has 1 saturated heterocycles. The van der Waals surface area contributed by atoms with Crippen LogP contribution in [-0.2, 0) is 20.3 Å². The normalized spacial score (nSPS) is 24.8. The van der Waals surface area contributed by atoms with Crippen LogP contribution in [-0.4, -0.2) is 55.1 Å². The van der Waals surface area contributed by atoms with E-state index in [4.69, 9.17) is 10.5 Å². The van der Waals surface area contributed by atoms with Crippen LogP contribution >= 0.6 is 0 Å². The Hall–Kier alpha value is -3.12. The molecule has 31 heavy (non-hydrogen) atoms. The molecule has 2 aliphatic rings. The van der Waals surface area contributed by atoms with E-state index in [1.54, 1.807) is 0 Å². The van der Waals surface area contributed by atoms with Crippen molar-refractivity contribution in [3.63, 3.8) is 0 Å². The number of nitrogens with zero attached hydrogens (tertiary/aromatic N) is 3. The zero-order chi connectivity index (χ0) is 22.4. The molecule has 1 unspecified atom stereocenters. The van der Waals surface area contributed by atoms with Gasteiger partial charge in [0.05, 0.1) is 12.8 Å². The van der Waals surface area contributed by atoms with Crippen molar-refractivity contribution in [2.24, 2.45) is 10.7 Å². The molecule has 0 spiro atoms. The molecule has 2 aromatic rings. The molecule has 1 fully saturated rings. The van der Waals surface area contributed by atoms with E-state index in [0.717, 1.165) is 22.6 Å². The van der Waals surface area contributed by atoms with Gasteiger partial charge in [-0.15, -0.1) is 0 Å². The molecule has 1 aromatic carbocycles. The average molecular weight is 451 g/mol. The smallest absolute Gasteiger partial charge is 0.274 e. The summed E-state index contributed by atoms with van der Waals surface area (Å²) >= 11 is 0. The Morgan fingerprint density at radius 3 is 2.81 bits per heavy atom. The van der Waals surface area contributed by atoms with E-state index in [-0.39, 0.29) is 42.5 Å². The number of aliphatic imine (C=N–C) groups is 1. The van der Waals surface area contributed by atoms with Crippen LogP contribution in [0.25, 0.3) is 0 Å². The summed E-state index contributed by atoms with van der Waals surface area (Å²) in [5.41, 5.74) is 4.31. The van der Waals surface area contributed by atoms with Gasteiger partial charge in [0.25, 0.3) is 5.91 Å². The molecule has 3 heterocycles. The Kier molecular flexibility index (Phi) is 5.13. The first-order chi connectivity index (χ1) is 14.6. The number of carbonyl (C=O) groups excluding carboxylic acids is 1. The molecular weight excluding hydrogens is 432 g/mol. The lowest BCUT2D eigenvalue weighted by atomic mass is 9.84. The summed E-state index contributed by atoms with van der Waals surface area (Å²) in [5, 5.41) is 1.45. The van der Waals surface area contributed by atoms with Gasteiger partial charge in [0.2, 0.25) is 16.0 Å². The minimum absolute atomic E-state index is 0.0477. The van der Waals surface area contributed by atoms with Crippen molar-refractivity contribution in [2.45, 2.75) is 17.2 Å². The average Bonchev–Trinajstić information content (AvgIpc) is 2.74. The second-order valence-electron chi connectivity index (χ2n) is 7.25. The van der Waals surface area contributed by atoms with Gasteiger partial charge in [-0.1, -0.05) is 0 Å². The Balaban J connectivity index is 1.77. The second-order valence-corrected chi connectivity index (χ2v) is 9.39. The highest BCUT2D eigenvalue weighted by molar-refractivity contribution is 7.90. The number of nitrogens with one attached hydrogen (secondary N) is 1. The number of ether oxygens (including phenoxy) is 1. The van der Waals surface area contributed by atoms with Crippen molar-refractivity contribution in [1.29, 1.82) is 0 Å². The Bertz CT molecular complexity index is 1170. The number of anilines is 1. The molecule has 1 aromatic heterocycles. The van der Waals surface area contributed by atoms with Crippen LogP contribution in [0.3, 0.4) is 0 Å². The summed E-state index contributed by atoms with van der Waals surface area (Å²) in [7, 11) is -2.63. The van der Waals surface area contributed by atoms with Crippen molar-refractivity contribution in [3.8, 4) is 0 Å². The van der Waals surface area contributed by atoms with E-state index in [1.807, 2.05) is 0 Å². The summed E-state index contributed by atoms with van der Waals surface area (Å²) in [5.74, 6) is -2.25. The highest BCUT2D eigenvalue weighted by Gasteiger charge is 2.56. The van der Waals surface area contributed by atoms with Crippen molar-refractivity contribution >= 4 is 27.6 Å². The monoisotopic (exact) mass is 451 g/mol. The Morgan fingerprint density at radius 1 is 1.32 bits per heavy atom. The molecule has 12 heteroatoms. The van der Waals surface area contributed by atoms with Crippen LogP contribution < -0.4 is 11.1 Å². The molecule has 4 rings (SSSR count). The molecule has 9 nitrogen and oxygen atoms in total. The van der Waals surface area contributed by atoms with Gasteiger partial charge in [-0.2, -0.15) is 0 Å². The highest BCUT2D eigenvalue weighted by Crippen LogP contribution is 2.44. The van der Waals surface area contributed by atoms with Crippen LogP contribution in [0.1, 0.15) is 22.5 Å². The number of nitrogens with two attached hydrogens (primary N) is 1. The summed E-state index contributed by atoms with van der Waals surface area (Å²) in [6.07, 6.45) is 0.994. The molecular formula is C19H19F2N5O4S. The third kappa shape index (κ3) is 3.51. The van der Waals surface area contributed by atoms with E-state index < -0.39 is 38.4 Å². The quantitative estimate of drug-likeness (QED) is 0.722. The van der Waals surface area contributed by atoms with Gasteiger partial charge in [0, 0.05) is 24.9 Å². The lowest BCUT2D eigenvalue weighted by molar-refractivity contribution is 0.0361. The molecule has 2 atom stereocenters. The first kappa shape index (κ1) is 21.1. The first-order valence-electron chi connectivity index (χ1n) is 9.29. The van der Waals surface area contributed by atoms with E-state index in [2.05, 4.69) is 15.3 Å². The molecule has 0 bridgehead atoms. The number of pyridine rings is 1. The highest BCUT2D eigenvalue weighted by atomic mass is 32.2. The van der Waals surface area contributed by atoms with Crippen LogP contribution in [0.15, 0.2) is 41.5 Å². The summed E-state index contributed by atoms with van der Waals surface area (Å²) < 4.78 is 60.4. The van der Waals surface area contributed by atoms with Crippen molar-refractivity contribution < 1.29 is 26.7 Å². The number of fused-ring (bicyclic) bond motifs is 1. The molecule has 3 N–H and O–H groups in total. The van der Waals surface area contributed by atoms with Crippen molar-refractivity contribution in [1.82, 2.24) is 9.29 Å². The van der Waals surface area contributed by atoms with Gasteiger partial charge < -0.3 is 15.8 Å². The van der Waals surface area contributed by atoms with Crippen molar-refractivity contribution in [3.05, 3.63) is 59.4 Å². The number of hydrogen-bond donors (Lipinski definition) is 2. The fourth-order valence-electron chi connectivity index (χ4n) is 3.80. The number of hydrogen-bond acceptors (Lipinski definition) is 7. The standard InChI is InChI=1S/C19H19F2N5O4S/c1-26-18(22)25-19(10-30-7-6-16(19)31(26,28)29)13-8-12(3-4-14(13)21)24-17(27)15-5-2-11(20)9-23-15/h2-5,8-9,16H,6-7,10H2,1H3,(H2,22,25)(H,24,27)/t16?,19-/m1/s1. The number of amides is 1. The van der Waals surface area contributed by atoms with E-state index in [9.17, 15) is 22.0 Å². The lowest BCUT2D eigenvalue weighted by Crippen LogP contribution is -2.61. The van der Waals surface area contributed by atoms with Gasteiger partial charge in [-0.25, -0.2) is 31.5 Å². The SMILES string of the molecule is CN1C(N)=N[C@@]2(c3cc(NC(=O)c4ccc(F)cn4)ccc3F)COCCC2S1(=O)=O. The number of rotatable bonds is 3. The third-order valence-electron chi connectivity index (χ3n) is 5.41. The fourth-order valence-corrected chi connectivity index (χ4v) is 5.61. The second kappa shape index (κ2) is 7.54. The zero-order valence-corrected chi connectivity index (χ0v) is 17.2. The lowest BCUT2D eigenvalue weighted by Gasteiger charge is -2.45. The number of benzene rings is 1. The predicted molar refractivity (Wildman–Crippen MR) is 108 cm³/mol. The number of sulfonamides is 1. The maximum atomic E-state index is 15.0. The minimum atomic E-state index is -3.92.